The van der Waals surface area contributed by atoms with E-state index in [-0.39, 0.29) is 17.2 Å². The van der Waals surface area contributed by atoms with Gasteiger partial charge in [0, 0.05) is 37.9 Å². The fraction of sp³-hybridized carbons (Fsp3) is 0.429. The van der Waals surface area contributed by atoms with Crippen molar-refractivity contribution >= 4 is 34.1 Å². The third-order valence-electron chi connectivity index (χ3n) is 6.49. The number of nitrogens with one attached hydrogen (secondary N) is 1. The minimum atomic E-state index is -0.142. The van der Waals surface area contributed by atoms with Gasteiger partial charge in [0.1, 0.15) is 16.7 Å². The summed E-state index contributed by atoms with van der Waals surface area (Å²) in [5.74, 6) is 0. The third kappa shape index (κ3) is 3.42. The number of fused-ring (bicyclic) bond motifs is 1. The van der Waals surface area contributed by atoms with Crippen LogP contribution in [0.4, 0.5) is 0 Å². The van der Waals surface area contributed by atoms with Crippen LogP contribution in [0.5, 0.6) is 0 Å². The SMILES string of the molecule is O=c1ccc2ncc(=O)n3c2n1C[C@H]3CN1CCC(NCc2cnc3nsnc3c2)CC1. The Kier molecular flexibility index (Phi) is 4.81. The van der Waals surface area contributed by atoms with Crippen molar-refractivity contribution in [2.75, 3.05) is 19.6 Å². The average Bonchev–Trinajstić information content (AvgIpc) is 3.43. The Morgan fingerprint density at radius 2 is 1.91 bits per heavy atom. The van der Waals surface area contributed by atoms with E-state index in [0.29, 0.717) is 29.4 Å². The van der Waals surface area contributed by atoms with Crippen molar-refractivity contribution < 1.29 is 0 Å². The van der Waals surface area contributed by atoms with Crippen molar-refractivity contribution in [2.45, 2.75) is 38.0 Å². The van der Waals surface area contributed by atoms with Crippen molar-refractivity contribution in [3.63, 3.8) is 0 Å². The van der Waals surface area contributed by atoms with Crippen molar-refractivity contribution in [1.82, 2.24) is 38.1 Å². The van der Waals surface area contributed by atoms with Crippen molar-refractivity contribution in [2.24, 2.45) is 0 Å². The first-order valence-electron chi connectivity index (χ1n) is 10.8. The van der Waals surface area contributed by atoms with E-state index in [1.54, 1.807) is 15.2 Å². The minimum absolute atomic E-state index is 0.0443. The quantitative estimate of drug-likeness (QED) is 0.475. The van der Waals surface area contributed by atoms with Gasteiger partial charge in [0.25, 0.3) is 11.1 Å². The summed E-state index contributed by atoms with van der Waals surface area (Å²) >= 11 is 1.18. The average molecular weight is 451 g/mol. The summed E-state index contributed by atoms with van der Waals surface area (Å²) in [6, 6.07) is 5.66. The van der Waals surface area contributed by atoms with Crippen LogP contribution >= 0.6 is 11.7 Å². The molecule has 6 heterocycles. The largest absolute Gasteiger partial charge is 0.310 e. The fourth-order valence-corrected chi connectivity index (χ4v) is 5.35. The molecule has 0 saturated carbocycles. The fourth-order valence-electron chi connectivity index (χ4n) is 4.87. The lowest BCUT2D eigenvalue weighted by atomic mass is 10.0. The number of aromatic nitrogens is 6. The lowest BCUT2D eigenvalue weighted by Gasteiger charge is -2.34. The molecule has 0 radical (unpaired) electrons. The number of hydrogen-bond acceptors (Lipinski definition) is 9. The molecular formula is C21H22N8O2S. The molecule has 1 saturated heterocycles. The Labute approximate surface area is 186 Å². The number of piperidine rings is 1. The van der Waals surface area contributed by atoms with E-state index in [1.807, 2.05) is 12.3 Å². The lowest BCUT2D eigenvalue weighted by molar-refractivity contribution is 0.171. The number of pyridine rings is 2. The maximum atomic E-state index is 12.5. The van der Waals surface area contributed by atoms with Gasteiger partial charge < -0.3 is 10.2 Å². The Bertz CT molecular complexity index is 1410. The highest BCUT2D eigenvalue weighted by Crippen LogP contribution is 2.24. The maximum Gasteiger partial charge on any atom is 0.270 e. The highest BCUT2D eigenvalue weighted by molar-refractivity contribution is 7.00. The predicted molar refractivity (Wildman–Crippen MR) is 121 cm³/mol. The zero-order valence-corrected chi connectivity index (χ0v) is 18.2. The van der Waals surface area contributed by atoms with Gasteiger partial charge in [0.05, 0.1) is 24.0 Å². The molecule has 1 atom stereocenters. The first-order valence-corrected chi connectivity index (χ1v) is 11.5. The molecule has 0 amide bonds. The van der Waals surface area contributed by atoms with Gasteiger partial charge in [-0.05, 0) is 43.6 Å². The number of nitrogens with zero attached hydrogens (tertiary/aromatic N) is 7. The monoisotopic (exact) mass is 450 g/mol. The lowest BCUT2D eigenvalue weighted by Crippen LogP contribution is -2.44. The molecule has 32 heavy (non-hydrogen) atoms. The van der Waals surface area contributed by atoms with Gasteiger partial charge in [-0.3, -0.25) is 18.7 Å². The molecule has 11 heteroatoms. The number of likely N-dealkylation sites (tertiary alicyclic amines) is 1. The topological polar surface area (TPSA) is 111 Å². The van der Waals surface area contributed by atoms with E-state index in [1.165, 1.54) is 24.0 Å². The van der Waals surface area contributed by atoms with Gasteiger partial charge in [-0.15, -0.1) is 0 Å². The second-order valence-corrected chi connectivity index (χ2v) is 9.05. The van der Waals surface area contributed by atoms with Crippen LogP contribution in [0.25, 0.3) is 22.3 Å². The van der Waals surface area contributed by atoms with E-state index in [9.17, 15) is 9.59 Å². The molecule has 6 rings (SSSR count). The van der Waals surface area contributed by atoms with Crippen LogP contribution in [0.3, 0.4) is 0 Å². The van der Waals surface area contributed by atoms with Gasteiger partial charge in [-0.25, -0.2) is 9.97 Å². The van der Waals surface area contributed by atoms with Crippen LogP contribution in [0.2, 0.25) is 0 Å². The van der Waals surface area contributed by atoms with Crippen molar-refractivity contribution in [1.29, 1.82) is 0 Å². The minimum Gasteiger partial charge on any atom is -0.310 e. The standard InChI is InChI=1S/C21H22N8O2S/c30-18-2-1-16-21-28(18)12-15(29(21)19(31)10-23-16)11-27-5-3-14(4-6-27)22-8-13-7-17-20(24-9-13)26-32-25-17/h1-2,7,9-10,14-15,22H,3-6,8,11-12H2/t15-/m1/s1. The number of rotatable bonds is 5. The van der Waals surface area contributed by atoms with Gasteiger partial charge in [-0.1, -0.05) is 0 Å². The Morgan fingerprint density at radius 3 is 2.78 bits per heavy atom. The zero-order chi connectivity index (χ0) is 21.7. The molecule has 0 unspecified atom stereocenters. The second kappa shape index (κ2) is 7.84. The maximum absolute atomic E-state index is 12.5. The van der Waals surface area contributed by atoms with Gasteiger partial charge >= 0.3 is 0 Å². The molecule has 0 aromatic carbocycles. The molecule has 0 aliphatic carbocycles. The summed E-state index contributed by atoms with van der Waals surface area (Å²) in [5.41, 5.74) is 3.78. The highest BCUT2D eigenvalue weighted by atomic mass is 32.1. The Balaban J connectivity index is 1.08. The molecular weight excluding hydrogens is 428 g/mol. The molecule has 1 N–H and O–H groups in total. The van der Waals surface area contributed by atoms with Gasteiger partial charge in [-0.2, -0.15) is 8.75 Å². The molecule has 164 valence electrons. The molecule has 4 aromatic rings. The zero-order valence-electron chi connectivity index (χ0n) is 17.3. The summed E-state index contributed by atoms with van der Waals surface area (Å²) in [7, 11) is 0. The van der Waals surface area contributed by atoms with Crippen LogP contribution in [0.15, 0.2) is 40.2 Å². The molecule has 10 nitrogen and oxygen atoms in total. The van der Waals surface area contributed by atoms with Crippen LogP contribution < -0.4 is 16.4 Å². The third-order valence-corrected chi connectivity index (χ3v) is 7.03. The molecule has 2 aliphatic rings. The van der Waals surface area contributed by atoms with Gasteiger partial charge in [0.2, 0.25) is 0 Å². The van der Waals surface area contributed by atoms with Crippen molar-refractivity contribution in [3.05, 3.63) is 56.9 Å². The highest BCUT2D eigenvalue weighted by Gasteiger charge is 2.29. The van der Waals surface area contributed by atoms with E-state index < -0.39 is 0 Å². The summed E-state index contributed by atoms with van der Waals surface area (Å²) in [6.45, 7) is 3.95. The van der Waals surface area contributed by atoms with Crippen molar-refractivity contribution in [3.8, 4) is 0 Å². The van der Waals surface area contributed by atoms with E-state index in [4.69, 9.17) is 0 Å². The smallest absolute Gasteiger partial charge is 0.270 e. The summed E-state index contributed by atoms with van der Waals surface area (Å²) in [4.78, 5) is 35.8. The predicted octanol–water partition coefficient (Wildman–Crippen LogP) is 0.767. The summed E-state index contributed by atoms with van der Waals surface area (Å²) in [5, 5.41) is 3.64. The van der Waals surface area contributed by atoms with Crippen LogP contribution in [-0.2, 0) is 13.1 Å². The normalized spacial score (nSPS) is 19.3. The molecule has 0 bridgehead atoms. The van der Waals surface area contributed by atoms with E-state index >= 15 is 0 Å². The van der Waals surface area contributed by atoms with E-state index in [0.717, 1.165) is 50.1 Å². The molecule has 1 fully saturated rings. The second-order valence-electron chi connectivity index (χ2n) is 8.52. The Morgan fingerprint density at radius 1 is 1.03 bits per heavy atom. The Hall–Kier alpha value is -3.02. The first-order chi connectivity index (χ1) is 15.7. The summed E-state index contributed by atoms with van der Waals surface area (Å²) in [6.07, 6.45) is 5.29. The molecule has 4 aromatic heterocycles. The summed E-state index contributed by atoms with van der Waals surface area (Å²) < 4.78 is 11.8. The van der Waals surface area contributed by atoms with Gasteiger partial charge in [0.15, 0.2) is 5.65 Å². The van der Waals surface area contributed by atoms with E-state index in [2.05, 4.69) is 28.9 Å². The number of hydrogen-bond donors (Lipinski definition) is 1. The first kappa shape index (κ1) is 19.6. The van der Waals surface area contributed by atoms with Crippen LogP contribution in [-0.4, -0.2) is 58.4 Å². The van der Waals surface area contributed by atoms with Crippen LogP contribution in [0.1, 0.15) is 24.4 Å². The van der Waals surface area contributed by atoms with Crippen LogP contribution in [0, 0.1) is 0 Å². The molecule has 2 aliphatic heterocycles. The molecule has 0 spiro atoms.